The van der Waals surface area contributed by atoms with E-state index in [9.17, 15) is 38.4 Å². The summed E-state index contributed by atoms with van der Waals surface area (Å²) in [5.74, 6) is -3.05. The van der Waals surface area contributed by atoms with E-state index < -0.39 is 47.7 Å². The van der Waals surface area contributed by atoms with Gasteiger partial charge in [-0.05, 0) is 81.0 Å². The number of methoxy groups -OCH3 is 2. The lowest BCUT2D eigenvalue weighted by Crippen LogP contribution is -2.41. The second-order valence-electron chi connectivity index (χ2n) is 12.6. The number of esters is 2. The third-order valence-electron chi connectivity index (χ3n) is 8.60. The predicted octanol–water partition coefficient (Wildman–Crippen LogP) is 2.26. The van der Waals surface area contributed by atoms with E-state index in [4.69, 9.17) is 9.47 Å². The highest BCUT2D eigenvalue weighted by Gasteiger charge is 2.23. The Morgan fingerprint density at radius 2 is 0.911 bits per heavy atom. The number of carbonyl (C=O) groups is 8. The first-order valence-electron chi connectivity index (χ1n) is 18.0. The van der Waals surface area contributed by atoms with Gasteiger partial charge >= 0.3 is 11.9 Å². The van der Waals surface area contributed by atoms with E-state index >= 15 is 0 Å². The van der Waals surface area contributed by atoms with Crippen LogP contribution >= 0.6 is 0 Å². The summed E-state index contributed by atoms with van der Waals surface area (Å²) in [4.78, 5) is 101. The van der Waals surface area contributed by atoms with Crippen LogP contribution in [-0.2, 0) is 28.7 Å². The maximum Gasteiger partial charge on any atom is 0.328 e. The lowest BCUT2D eigenvalue weighted by molar-refractivity contribution is -0.143. The minimum Gasteiger partial charge on any atom is -0.467 e. The number of unbranched alkanes of at least 4 members (excludes halogenated alkanes) is 2. The van der Waals surface area contributed by atoms with Gasteiger partial charge in [-0.25, -0.2) is 9.59 Å². The van der Waals surface area contributed by atoms with Crippen LogP contribution in [0.3, 0.4) is 0 Å². The summed E-state index contributed by atoms with van der Waals surface area (Å²) in [6, 6.07) is 21.1. The fourth-order valence-electron chi connectivity index (χ4n) is 5.46. The Kier molecular flexibility index (Phi) is 18.7. The molecule has 0 aliphatic heterocycles. The molecule has 0 bridgehead atoms. The van der Waals surface area contributed by atoms with E-state index in [0.29, 0.717) is 49.6 Å². The first-order chi connectivity index (χ1) is 27.1. The monoisotopic (exact) mass is 772 g/mol. The van der Waals surface area contributed by atoms with Crippen LogP contribution in [0.4, 0.5) is 0 Å². The molecule has 2 unspecified atom stereocenters. The summed E-state index contributed by atoms with van der Waals surface area (Å²) >= 11 is 0. The molecule has 0 aromatic heterocycles. The number of benzene rings is 3. The molecule has 0 heterocycles. The molecule has 298 valence electrons. The Morgan fingerprint density at radius 3 is 1.27 bits per heavy atom. The zero-order valence-corrected chi connectivity index (χ0v) is 31.4. The van der Waals surface area contributed by atoms with Gasteiger partial charge in [0, 0.05) is 35.3 Å². The predicted molar refractivity (Wildman–Crippen MR) is 204 cm³/mol. The molecule has 0 saturated heterocycles. The second kappa shape index (κ2) is 24.0. The van der Waals surface area contributed by atoms with Crippen LogP contribution in [0.25, 0.3) is 0 Å². The average molecular weight is 773 g/mol. The molecule has 2 atom stereocenters. The van der Waals surface area contributed by atoms with Gasteiger partial charge in [0.05, 0.1) is 27.6 Å². The van der Waals surface area contributed by atoms with Crippen molar-refractivity contribution < 1.29 is 47.8 Å². The lowest BCUT2D eigenvalue weighted by Gasteiger charge is -2.20. The van der Waals surface area contributed by atoms with Crippen molar-refractivity contribution in [2.75, 3.05) is 40.6 Å². The maximum atomic E-state index is 12.9. The molecule has 0 saturated carbocycles. The van der Waals surface area contributed by atoms with Crippen molar-refractivity contribution in [3.8, 4) is 0 Å². The van der Waals surface area contributed by atoms with Crippen molar-refractivity contribution in [3.05, 3.63) is 107 Å². The van der Waals surface area contributed by atoms with Crippen LogP contribution in [0.1, 0.15) is 80.0 Å². The van der Waals surface area contributed by atoms with E-state index in [0.717, 1.165) is 0 Å². The third-order valence-corrected chi connectivity index (χ3v) is 8.60. The van der Waals surface area contributed by atoms with Crippen LogP contribution in [0.5, 0.6) is 0 Å². The van der Waals surface area contributed by atoms with Crippen LogP contribution in [0, 0.1) is 0 Å². The van der Waals surface area contributed by atoms with E-state index in [2.05, 4.69) is 21.3 Å². The fraction of sp³-hybridized carbons (Fsp3) is 0.350. The van der Waals surface area contributed by atoms with E-state index in [1.807, 2.05) is 0 Å². The maximum absolute atomic E-state index is 12.9. The number of hydrogen-bond donors (Lipinski definition) is 4. The SMILES string of the molecule is COC(=O)C(CCCCN(C=O)CNC(=O)c1cccc(C(=O)NCN(C=O)CCCCC(NC(=O)c2ccccc2)C(=O)OC)c1)NC(=O)c1ccccc1. The summed E-state index contributed by atoms with van der Waals surface area (Å²) in [6.07, 6.45) is 3.59. The molecule has 3 aromatic rings. The minimum atomic E-state index is -0.872. The molecule has 0 fully saturated rings. The molecule has 0 spiro atoms. The van der Waals surface area contributed by atoms with Gasteiger partial charge in [-0.3, -0.25) is 28.8 Å². The van der Waals surface area contributed by atoms with Gasteiger partial charge in [0.15, 0.2) is 0 Å². The topological polar surface area (TPSA) is 210 Å². The molecule has 56 heavy (non-hydrogen) atoms. The molecule has 16 nitrogen and oxygen atoms in total. The smallest absolute Gasteiger partial charge is 0.328 e. The van der Waals surface area contributed by atoms with Gasteiger partial charge in [-0.1, -0.05) is 42.5 Å². The Morgan fingerprint density at radius 1 is 0.536 bits per heavy atom. The molecule has 4 N–H and O–H groups in total. The summed E-state index contributed by atoms with van der Waals surface area (Å²) in [6.45, 7) is 0.295. The van der Waals surface area contributed by atoms with Crippen LogP contribution < -0.4 is 21.3 Å². The minimum absolute atomic E-state index is 0.113. The molecular formula is C40H48N6O10. The fourth-order valence-corrected chi connectivity index (χ4v) is 5.46. The number of ether oxygens (including phenoxy) is 2. The number of nitrogens with zero attached hydrogens (tertiary/aromatic N) is 2. The van der Waals surface area contributed by atoms with Crippen LogP contribution in [0.2, 0.25) is 0 Å². The molecule has 6 amide bonds. The van der Waals surface area contributed by atoms with Gasteiger partial charge < -0.3 is 40.5 Å². The zero-order valence-electron chi connectivity index (χ0n) is 31.4. The van der Waals surface area contributed by atoms with Crippen molar-refractivity contribution in [2.45, 2.75) is 50.6 Å². The van der Waals surface area contributed by atoms with E-state index in [-0.39, 0.29) is 50.4 Å². The van der Waals surface area contributed by atoms with E-state index in [1.54, 1.807) is 60.7 Å². The lowest BCUT2D eigenvalue weighted by atomic mass is 10.1. The zero-order chi connectivity index (χ0) is 40.7. The Hall–Kier alpha value is -6.58. The largest absolute Gasteiger partial charge is 0.467 e. The molecule has 16 heteroatoms. The molecule has 3 aromatic carbocycles. The van der Waals surface area contributed by atoms with Crippen molar-refractivity contribution >= 4 is 48.4 Å². The number of hydrogen-bond acceptors (Lipinski definition) is 10. The highest BCUT2D eigenvalue weighted by molar-refractivity contribution is 6.00. The Bertz CT molecular complexity index is 1650. The highest BCUT2D eigenvalue weighted by Crippen LogP contribution is 2.10. The summed E-state index contributed by atoms with van der Waals surface area (Å²) in [5, 5.41) is 10.7. The first-order valence-corrected chi connectivity index (χ1v) is 18.0. The molecule has 0 aliphatic rings. The van der Waals surface area contributed by atoms with Crippen molar-refractivity contribution in [1.29, 1.82) is 0 Å². The Labute approximate surface area is 325 Å². The van der Waals surface area contributed by atoms with Gasteiger partial charge in [-0.15, -0.1) is 0 Å². The Balaban J connectivity index is 1.41. The average Bonchev–Trinajstić information content (AvgIpc) is 3.24. The normalized spacial score (nSPS) is 11.5. The first kappa shape index (κ1) is 43.8. The molecule has 0 radical (unpaired) electrons. The van der Waals surface area contributed by atoms with Gasteiger partial charge in [0.25, 0.3) is 23.6 Å². The quantitative estimate of drug-likeness (QED) is 0.0452. The molecule has 3 rings (SSSR count). The van der Waals surface area contributed by atoms with Gasteiger partial charge in [-0.2, -0.15) is 0 Å². The summed E-state index contributed by atoms with van der Waals surface area (Å²) in [5.41, 5.74) is 1.15. The van der Waals surface area contributed by atoms with Gasteiger partial charge in [0.1, 0.15) is 12.1 Å². The second-order valence-corrected chi connectivity index (χ2v) is 12.6. The van der Waals surface area contributed by atoms with E-state index in [1.165, 1.54) is 48.3 Å². The number of carbonyl (C=O) groups excluding carboxylic acids is 8. The highest BCUT2D eigenvalue weighted by atomic mass is 16.5. The van der Waals surface area contributed by atoms with Crippen molar-refractivity contribution in [2.24, 2.45) is 0 Å². The third kappa shape index (κ3) is 14.7. The number of rotatable bonds is 24. The standard InChI is InChI=1S/C40H48N6O10/c1-55-39(53)33(43-37(51)29-14-5-3-6-15-29)20-9-11-22-45(27-47)25-41-35(49)31-18-13-19-32(24-31)36(50)42-26-46(28-48)23-12-10-21-34(40(54)56-2)44-38(52)30-16-7-4-8-17-30/h3-8,13-19,24,27-28,33-34H,9-12,20-23,25-26H2,1-2H3,(H,41,49)(H,42,50)(H,43,51)(H,44,52). The van der Waals surface area contributed by atoms with Gasteiger partial charge in [0.2, 0.25) is 12.8 Å². The van der Waals surface area contributed by atoms with Crippen molar-refractivity contribution in [1.82, 2.24) is 31.1 Å². The van der Waals surface area contributed by atoms with Crippen molar-refractivity contribution in [3.63, 3.8) is 0 Å². The number of amides is 6. The van der Waals surface area contributed by atoms with Crippen LogP contribution in [-0.4, -0.2) is 111 Å². The number of nitrogens with one attached hydrogen (secondary N) is 4. The van der Waals surface area contributed by atoms with Crippen LogP contribution in [0.15, 0.2) is 84.9 Å². The summed E-state index contributed by atoms with van der Waals surface area (Å²) < 4.78 is 9.66. The molecular weight excluding hydrogens is 724 g/mol. The summed E-state index contributed by atoms with van der Waals surface area (Å²) in [7, 11) is 2.47. The molecule has 0 aliphatic carbocycles.